The minimum atomic E-state index is -0.491. The third kappa shape index (κ3) is 4.51. The molecule has 0 saturated carbocycles. The highest BCUT2D eigenvalue weighted by Gasteiger charge is 2.34. The Balaban J connectivity index is 1.88. The molecule has 1 aliphatic rings. The second kappa shape index (κ2) is 8.43. The van der Waals surface area contributed by atoms with Gasteiger partial charge in [-0.2, -0.15) is 0 Å². The number of aryl methyl sites for hydroxylation is 1. The summed E-state index contributed by atoms with van der Waals surface area (Å²) in [6, 6.07) is 12.0. The van der Waals surface area contributed by atoms with Crippen molar-refractivity contribution >= 4 is 28.7 Å². The van der Waals surface area contributed by atoms with Crippen LogP contribution in [-0.2, 0) is 16.2 Å². The second-order valence-corrected chi connectivity index (χ2v) is 7.41. The molecule has 0 saturated heterocycles. The van der Waals surface area contributed by atoms with Crippen molar-refractivity contribution in [3.63, 3.8) is 0 Å². The molecular weight excluding hydrogens is 381 g/mol. The molecule has 1 atom stereocenters. The van der Waals surface area contributed by atoms with E-state index in [1.807, 2.05) is 19.1 Å². The largest absolute Gasteiger partial charge is 0.488 e. The molecule has 1 aliphatic heterocycles. The summed E-state index contributed by atoms with van der Waals surface area (Å²) in [4.78, 5) is 23.4. The molecule has 146 valence electrons. The molecule has 28 heavy (non-hydrogen) atoms. The van der Waals surface area contributed by atoms with E-state index in [-0.39, 0.29) is 24.2 Å². The summed E-state index contributed by atoms with van der Waals surface area (Å²) in [7, 11) is 0. The average molecular weight is 401 g/mol. The van der Waals surface area contributed by atoms with Crippen molar-refractivity contribution in [1.29, 1.82) is 0 Å². The Morgan fingerprint density at radius 3 is 2.68 bits per heavy atom. The van der Waals surface area contributed by atoms with Crippen LogP contribution < -0.4 is 10.1 Å². The summed E-state index contributed by atoms with van der Waals surface area (Å²) in [5, 5.41) is 7.98. The summed E-state index contributed by atoms with van der Waals surface area (Å²) in [6.07, 6.45) is 0. The van der Waals surface area contributed by atoms with E-state index in [1.54, 1.807) is 24.3 Å². The minimum Gasteiger partial charge on any atom is -0.488 e. The molecule has 1 N–H and O–H groups in total. The van der Waals surface area contributed by atoms with Crippen molar-refractivity contribution in [2.45, 2.75) is 32.8 Å². The second-order valence-electron chi connectivity index (χ2n) is 6.34. The van der Waals surface area contributed by atoms with Crippen molar-refractivity contribution in [1.82, 2.24) is 10.3 Å². The fourth-order valence-electron chi connectivity index (χ4n) is 2.73. The highest BCUT2D eigenvalue weighted by atomic mass is 32.2. The van der Waals surface area contributed by atoms with E-state index in [0.29, 0.717) is 16.5 Å². The van der Waals surface area contributed by atoms with Crippen molar-refractivity contribution < 1.29 is 18.7 Å². The quantitative estimate of drug-likeness (QED) is 0.848. The summed E-state index contributed by atoms with van der Waals surface area (Å²) < 4.78 is 19.8. The number of amides is 2. The molecule has 6 nitrogen and oxygen atoms in total. The topological polar surface area (TPSA) is 71.0 Å². The number of hydrogen-bond acceptors (Lipinski definition) is 5. The van der Waals surface area contributed by atoms with Crippen LogP contribution in [0.25, 0.3) is 0 Å². The van der Waals surface area contributed by atoms with Crippen LogP contribution in [-0.4, -0.2) is 22.0 Å². The average Bonchev–Trinajstić information content (AvgIpc) is 3.05. The van der Waals surface area contributed by atoms with Crippen LogP contribution in [0.2, 0.25) is 0 Å². The molecule has 0 spiro atoms. The Hall–Kier alpha value is -2.87. The van der Waals surface area contributed by atoms with Crippen LogP contribution >= 0.6 is 11.8 Å². The van der Waals surface area contributed by atoms with Crippen LogP contribution in [0.5, 0.6) is 5.75 Å². The molecule has 0 unspecified atom stereocenters. The molecule has 2 aromatic rings. The Bertz CT molecular complexity index is 948. The number of hydrazone groups is 1. The van der Waals surface area contributed by atoms with Gasteiger partial charge >= 0.3 is 0 Å². The molecule has 8 heteroatoms. The number of thioether (sulfide) groups is 1. The predicted molar refractivity (Wildman–Crippen MR) is 106 cm³/mol. The van der Waals surface area contributed by atoms with Gasteiger partial charge in [0.25, 0.3) is 0 Å². The smallest absolute Gasteiger partial charge is 0.241 e. The number of amidine groups is 1. The van der Waals surface area contributed by atoms with Gasteiger partial charge in [-0.1, -0.05) is 41.6 Å². The zero-order valence-electron chi connectivity index (χ0n) is 15.7. The van der Waals surface area contributed by atoms with E-state index < -0.39 is 5.37 Å². The van der Waals surface area contributed by atoms with Crippen molar-refractivity contribution in [3.8, 4) is 5.75 Å². The third-order valence-corrected chi connectivity index (χ3v) is 5.11. The van der Waals surface area contributed by atoms with Crippen molar-refractivity contribution in [2.24, 2.45) is 5.10 Å². The number of nitrogens with zero attached hydrogens (tertiary/aromatic N) is 2. The molecule has 0 radical (unpaired) electrons. The van der Waals surface area contributed by atoms with E-state index in [1.165, 1.54) is 36.7 Å². The third-order valence-electron chi connectivity index (χ3n) is 4.02. The molecule has 0 aliphatic carbocycles. The van der Waals surface area contributed by atoms with Crippen LogP contribution in [0.15, 0.2) is 47.6 Å². The number of carbonyl (C=O) groups is 2. The SMILES string of the molecule is CC(=O)NC1=NN(C(C)=O)[C@H](c2cc(C)ccc2OCc2ccccc2F)S1. The maximum atomic E-state index is 13.9. The van der Waals surface area contributed by atoms with Crippen molar-refractivity contribution in [2.75, 3.05) is 0 Å². The number of carbonyl (C=O) groups excluding carboxylic acids is 2. The van der Waals surface area contributed by atoms with Crippen LogP contribution in [0.3, 0.4) is 0 Å². The summed E-state index contributed by atoms with van der Waals surface area (Å²) in [5.74, 6) is -0.347. The summed E-state index contributed by atoms with van der Waals surface area (Å²) in [6.45, 7) is 4.77. The van der Waals surface area contributed by atoms with Gasteiger partial charge in [0.2, 0.25) is 11.8 Å². The van der Waals surface area contributed by atoms with Gasteiger partial charge in [-0.25, -0.2) is 9.40 Å². The maximum Gasteiger partial charge on any atom is 0.241 e. The number of ether oxygens (including phenoxy) is 1. The molecule has 0 aromatic heterocycles. The zero-order valence-corrected chi connectivity index (χ0v) is 16.5. The Kier molecular flexibility index (Phi) is 5.99. The van der Waals surface area contributed by atoms with E-state index in [4.69, 9.17) is 4.74 Å². The van der Waals surface area contributed by atoms with Gasteiger partial charge in [-0.15, -0.1) is 5.10 Å². The molecule has 2 amide bonds. The van der Waals surface area contributed by atoms with Gasteiger partial charge in [0.1, 0.15) is 23.5 Å². The normalized spacial score (nSPS) is 15.9. The predicted octanol–water partition coefficient (Wildman–Crippen LogP) is 3.71. The fourth-order valence-corrected chi connectivity index (χ4v) is 3.88. The number of hydrogen-bond donors (Lipinski definition) is 1. The van der Waals surface area contributed by atoms with Crippen LogP contribution in [0.4, 0.5) is 4.39 Å². The highest BCUT2D eigenvalue weighted by Crippen LogP contribution is 2.43. The van der Waals surface area contributed by atoms with Crippen molar-refractivity contribution in [3.05, 3.63) is 65.0 Å². The fraction of sp³-hybridized carbons (Fsp3) is 0.250. The van der Waals surface area contributed by atoms with Gasteiger partial charge in [-0.3, -0.25) is 9.59 Å². The first-order valence-electron chi connectivity index (χ1n) is 8.64. The molecular formula is C20H20FN3O3S. The Labute approximate surface area is 166 Å². The van der Waals surface area contributed by atoms with E-state index in [2.05, 4.69) is 10.4 Å². The number of nitrogens with one attached hydrogen (secondary N) is 1. The molecule has 2 aromatic carbocycles. The molecule has 0 bridgehead atoms. The lowest BCUT2D eigenvalue weighted by Crippen LogP contribution is -2.25. The lowest BCUT2D eigenvalue weighted by Gasteiger charge is -2.22. The van der Waals surface area contributed by atoms with Crippen LogP contribution in [0.1, 0.15) is 35.9 Å². The standard InChI is InChI=1S/C20H20FN3O3S/c1-12-8-9-18(27-11-15-6-4-5-7-17(15)21)16(10-12)19-24(14(3)26)23-20(28-19)22-13(2)25/h4-10,19H,11H2,1-3H3,(H,22,23,25)/t19-/m0/s1. The van der Waals surface area contributed by atoms with Gasteiger partial charge in [-0.05, 0) is 25.1 Å². The van der Waals surface area contributed by atoms with Gasteiger partial charge < -0.3 is 10.1 Å². The van der Waals surface area contributed by atoms with E-state index >= 15 is 0 Å². The summed E-state index contributed by atoms with van der Waals surface area (Å²) in [5.41, 5.74) is 2.14. The lowest BCUT2D eigenvalue weighted by atomic mass is 10.1. The Morgan fingerprint density at radius 2 is 2.00 bits per heavy atom. The zero-order chi connectivity index (χ0) is 20.3. The first kappa shape index (κ1) is 19.9. The highest BCUT2D eigenvalue weighted by molar-refractivity contribution is 8.14. The lowest BCUT2D eigenvalue weighted by molar-refractivity contribution is -0.129. The van der Waals surface area contributed by atoms with E-state index in [0.717, 1.165) is 11.1 Å². The molecule has 3 rings (SSSR count). The Morgan fingerprint density at radius 1 is 1.25 bits per heavy atom. The first-order chi connectivity index (χ1) is 13.3. The first-order valence-corrected chi connectivity index (χ1v) is 9.52. The molecule has 0 fully saturated rings. The van der Waals surface area contributed by atoms with E-state index in [9.17, 15) is 14.0 Å². The van der Waals surface area contributed by atoms with Gasteiger partial charge in [0.15, 0.2) is 5.17 Å². The number of rotatable bonds is 4. The maximum absolute atomic E-state index is 13.9. The van der Waals surface area contributed by atoms with Gasteiger partial charge in [0.05, 0.1) is 0 Å². The minimum absolute atomic E-state index is 0.0552. The monoisotopic (exact) mass is 401 g/mol. The van der Waals surface area contributed by atoms with Crippen LogP contribution in [0, 0.1) is 12.7 Å². The summed E-state index contributed by atoms with van der Waals surface area (Å²) >= 11 is 1.25. The number of halogens is 1. The van der Waals surface area contributed by atoms with Gasteiger partial charge in [0, 0.05) is 25.0 Å². The number of benzene rings is 2. The molecule has 1 heterocycles.